The Balaban J connectivity index is 1.65. The van der Waals surface area contributed by atoms with Crippen molar-refractivity contribution < 1.29 is 4.79 Å². The Morgan fingerprint density at radius 3 is 2.47 bits per heavy atom. The van der Waals surface area contributed by atoms with E-state index in [2.05, 4.69) is 19.2 Å². The standard InChI is InChI=1S/C17H31NO/c1-3-4-5-6-7-8-16(19)18-14(2)17-11-9-15(13-17)10-12-17/h14-15H,3-13H2,1-2H3,(H,18,19). The molecule has 1 amide bonds. The summed E-state index contributed by atoms with van der Waals surface area (Å²) >= 11 is 0. The van der Waals surface area contributed by atoms with Crippen LogP contribution in [0.5, 0.6) is 0 Å². The number of hydrogen-bond acceptors (Lipinski definition) is 1. The summed E-state index contributed by atoms with van der Waals surface area (Å²) in [5.74, 6) is 1.25. The second-order valence-corrected chi connectivity index (χ2v) is 6.96. The first kappa shape index (κ1) is 14.9. The lowest BCUT2D eigenvalue weighted by Crippen LogP contribution is -2.43. The molecule has 0 aromatic carbocycles. The van der Waals surface area contributed by atoms with Crippen LogP contribution in [0.25, 0.3) is 0 Å². The van der Waals surface area contributed by atoms with Crippen molar-refractivity contribution in [1.82, 2.24) is 5.32 Å². The number of amides is 1. The molecule has 0 heterocycles. The minimum Gasteiger partial charge on any atom is -0.353 e. The van der Waals surface area contributed by atoms with Crippen LogP contribution in [0.1, 0.15) is 84.5 Å². The third-order valence-corrected chi connectivity index (χ3v) is 5.60. The highest BCUT2D eigenvalue weighted by molar-refractivity contribution is 5.76. The Kier molecular flexibility index (Phi) is 5.29. The van der Waals surface area contributed by atoms with Gasteiger partial charge in [-0.05, 0) is 56.8 Å². The minimum absolute atomic E-state index is 0.286. The van der Waals surface area contributed by atoms with Crippen LogP contribution in [-0.4, -0.2) is 11.9 Å². The summed E-state index contributed by atoms with van der Waals surface area (Å²) in [4.78, 5) is 12.0. The van der Waals surface area contributed by atoms with E-state index in [9.17, 15) is 4.79 Å². The zero-order valence-corrected chi connectivity index (χ0v) is 12.8. The van der Waals surface area contributed by atoms with Crippen molar-refractivity contribution >= 4 is 5.91 Å². The normalized spacial score (nSPS) is 30.5. The van der Waals surface area contributed by atoms with E-state index in [-0.39, 0.29) is 5.91 Å². The minimum atomic E-state index is 0.286. The summed E-state index contributed by atoms with van der Waals surface area (Å²) < 4.78 is 0. The van der Waals surface area contributed by atoms with Crippen LogP contribution in [-0.2, 0) is 4.79 Å². The van der Waals surface area contributed by atoms with E-state index in [1.807, 2.05) is 0 Å². The van der Waals surface area contributed by atoms with Gasteiger partial charge in [0.15, 0.2) is 0 Å². The first-order valence-corrected chi connectivity index (χ1v) is 8.45. The molecule has 2 heteroatoms. The van der Waals surface area contributed by atoms with Crippen LogP contribution in [0, 0.1) is 11.3 Å². The molecule has 0 radical (unpaired) electrons. The van der Waals surface area contributed by atoms with Gasteiger partial charge in [-0.25, -0.2) is 0 Å². The van der Waals surface area contributed by atoms with Gasteiger partial charge < -0.3 is 5.32 Å². The number of rotatable bonds is 8. The maximum Gasteiger partial charge on any atom is 0.220 e. The van der Waals surface area contributed by atoms with Crippen molar-refractivity contribution in [3.05, 3.63) is 0 Å². The van der Waals surface area contributed by atoms with E-state index in [4.69, 9.17) is 0 Å². The topological polar surface area (TPSA) is 29.1 Å². The van der Waals surface area contributed by atoms with Crippen molar-refractivity contribution in [3.63, 3.8) is 0 Å². The molecule has 0 spiro atoms. The van der Waals surface area contributed by atoms with Crippen LogP contribution >= 0.6 is 0 Å². The zero-order valence-electron chi connectivity index (χ0n) is 12.8. The van der Waals surface area contributed by atoms with Crippen molar-refractivity contribution in [2.24, 2.45) is 11.3 Å². The fourth-order valence-electron chi connectivity index (χ4n) is 4.20. The molecule has 2 nitrogen and oxygen atoms in total. The van der Waals surface area contributed by atoms with Gasteiger partial charge in [0.1, 0.15) is 0 Å². The lowest BCUT2D eigenvalue weighted by molar-refractivity contribution is -0.122. The smallest absolute Gasteiger partial charge is 0.220 e. The lowest BCUT2D eigenvalue weighted by atomic mass is 9.78. The van der Waals surface area contributed by atoms with Crippen molar-refractivity contribution in [3.8, 4) is 0 Å². The fourth-order valence-corrected chi connectivity index (χ4v) is 4.20. The van der Waals surface area contributed by atoms with Crippen molar-refractivity contribution in [2.45, 2.75) is 90.5 Å². The van der Waals surface area contributed by atoms with Gasteiger partial charge in [0.05, 0.1) is 0 Å². The van der Waals surface area contributed by atoms with E-state index >= 15 is 0 Å². The third-order valence-electron chi connectivity index (χ3n) is 5.60. The van der Waals surface area contributed by atoms with Gasteiger partial charge in [0, 0.05) is 12.5 Å². The first-order chi connectivity index (χ1) is 9.16. The Labute approximate surface area is 118 Å². The van der Waals surface area contributed by atoms with Gasteiger partial charge in [-0.15, -0.1) is 0 Å². The van der Waals surface area contributed by atoms with Crippen LogP contribution in [0.4, 0.5) is 0 Å². The molecule has 2 aliphatic carbocycles. The van der Waals surface area contributed by atoms with E-state index in [1.165, 1.54) is 57.8 Å². The van der Waals surface area contributed by atoms with Crippen LogP contribution in [0.3, 0.4) is 0 Å². The average molecular weight is 265 g/mol. The molecule has 0 aromatic rings. The molecule has 0 saturated heterocycles. The van der Waals surface area contributed by atoms with Gasteiger partial charge in [0.2, 0.25) is 5.91 Å². The number of hydrogen-bond donors (Lipinski definition) is 1. The summed E-state index contributed by atoms with van der Waals surface area (Å²) in [5, 5.41) is 3.29. The number of unbranched alkanes of at least 4 members (excludes halogenated alkanes) is 4. The van der Waals surface area contributed by atoms with Crippen molar-refractivity contribution in [2.75, 3.05) is 0 Å². The van der Waals surface area contributed by atoms with Gasteiger partial charge in [-0.1, -0.05) is 32.6 Å². The van der Waals surface area contributed by atoms with Crippen LogP contribution in [0.15, 0.2) is 0 Å². The maximum absolute atomic E-state index is 12.0. The molecule has 2 saturated carbocycles. The Morgan fingerprint density at radius 1 is 1.21 bits per heavy atom. The quantitative estimate of drug-likeness (QED) is 0.646. The maximum atomic E-state index is 12.0. The molecule has 19 heavy (non-hydrogen) atoms. The Bertz CT molecular complexity index is 292. The highest BCUT2D eigenvalue weighted by Crippen LogP contribution is 2.55. The van der Waals surface area contributed by atoms with E-state index in [1.54, 1.807) is 0 Å². The second kappa shape index (κ2) is 6.76. The lowest BCUT2D eigenvalue weighted by Gasteiger charge is -2.34. The van der Waals surface area contributed by atoms with Crippen LogP contribution < -0.4 is 5.32 Å². The largest absolute Gasteiger partial charge is 0.353 e. The zero-order chi connectivity index (χ0) is 13.7. The Hall–Kier alpha value is -0.530. The molecule has 2 bridgehead atoms. The van der Waals surface area contributed by atoms with E-state index < -0.39 is 0 Å². The fraction of sp³-hybridized carbons (Fsp3) is 0.941. The predicted octanol–water partition coefficient (Wildman–Crippen LogP) is 4.43. The monoisotopic (exact) mass is 265 g/mol. The predicted molar refractivity (Wildman–Crippen MR) is 80.0 cm³/mol. The Morgan fingerprint density at radius 2 is 1.89 bits per heavy atom. The highest BCUT2D eigenvalue weighted by Gasteiger charge is 2.48. The molecule has 0 aromatic heterocycles. The van der Waals surface area contributed by atoms with Gasteiger partial charge in [0.25, 0.3) is 0 Å². The molecule has 1 N–H and O–H groups in total. The summed E-state index contributed by atoms with van der Waals surface area (Å²) in [5.41, 5.74) is 0.461. The summed E-state index contributed by atoms with van der Waals surface area (Å²) in [6.07, 6.45) is 13.7. The molecule has 2 aliphatic rings. The molecule has 2 rings (SSSR count). The molecule has 1 unspecified atom stereocenters. The molecule has 0 aliphatic heterocycles. The SMILES string of the molecule is CCCCCCCC(=O)NC(C)C12CCC(CC1)C2. The van der Waals surface area contributed by atoms with E-state index in [0.717, 1.165) is 18.8 Å². The molecule has 2 fully saturated rings. The molecular formula is C17H31NO. The summed E-state index contributed by atoms with van der Waals surface area (Å²) in [7, 11) is 0. The molecular weight excluding hydrogens is 234 g/mol. The highest BCUT2D eigenvalue weighted by atomic mass is 16.1. The van der Waals surface area contributed by atoms with E-state index in [0.29, 0.717) is 11.5 Å². The summed E-state index contributed by atoms with van der Waals surface area (Å²) in [6, 6.07) is 0.392. The summed E-state index contributed by atoms with van der Waals surface area (Å²) in [6.45, 7) is 4.47. The average Bonchev–Trinajstić information content (AvgIpc) is 3.00. The first-order valence-electron chi connectivity index (χ1n) is 8.45. The van der Waals surface area contributed by atoms with Gasteiger partial charge in [-0.2, -0.15) is 0 Å². The third kappa shape index (κ3) is 3.73. The molecule has 110 valence electrons. The van der Waals surface area contributed by atoms with Gasteiger partial charge >= 0.3 is 0 Å². The number of carbonyl (C=O) groups excluding carboxylic acids is 1. The van der Waals surface area contributed by atoms with Crippen LogP contribution in [0.2, 0.25) is 0 Å². The number of fused-ring (bicyclic) bond motifs is 2. The van der Waals surface area contributed by atoms with Gasteiger partial charge in [-0.3, -0.25) is 4.79 Å². The van der Waals surface area contributed by atoms with Crippen molar-refractivity contribution in [1.29, 1.82) is 0 Å². The number of carbonyl (C=O) groups is 1. The second-order valence-electron chi connectivity index (χ2n) is 6.96. The number of nitrogens with one attached hydrogen (secondary N) is 1. The molecule has 1 atom stereocenters.